The minimum Gasteiger partial charge on any atom is -0.326 e. The maximum absolute atomic E-state index is 11.2. The maximum Gasteiger partial charge on any atom is 0.221 e. The summed E-state index contributed by atoms with van der Waals surface area (Å²) >= 11 is 0. The molecule has 3 heteroatoms. The van der Waals surface area contributed by atoms with Crippen LogP contribution in [0.3, 0.4) is 0 Å². The Labute approximate surface area is 114 Å². The lowest BCUT2D eigenvalue weighted by Gasteiger charge is -2.23. The van der Waals surface area contributed by atoms with Crippen LogP contribution < -0.4 is 10.6 Å². The number of fused-ring (bicyclic) bond motifs is 2. The highest BCUT2D eigenvalue weighted by molar-refractivity contribution is 5.89. The van der Waals surface area contributed by atoms with Gasteiger partial charge in [-0.2, -0.15) is 0 Å². The monoisotopic (exact) mass is 258 g/mol. The molecular formula is C16H22N2O. The van der Waals surface area contributed by atoms with Crippen LogP contribution >= 0.6 is 0 Å². The highest BCUT2D eigenvalue weighted by Gasteiger charge is 2.38. The lowest BCUT2D eigenvalue weighted by molar-refractivity contribution is -0.114. The molecule has 102 valence electrons. The van der Waals surface area contributed by atoms with Gasteiger partial charge in [-0.1, -0.05) is 24.6 Å². The number of rotatable bonds is 4. The molecule has 2 fully saturated rings. The number of anilines is 1. The molecule has 0 heterocycles. The first kappa shape index (κ1) is 12.7. The summed E-state index contributed by atoms with van der Waals surface area (Å²) < 4.78 is 0. The largest absolute Gasteiger partial charge is 0.326 e. The van der Waals surface area contributed by atoms with Crippen LogP contribution in [0.25, 0.3) is 0 Å². The highest BCUT2D eigenvalue weighted by atomic mass is 16.1. The first-order valence-corrected chi connectivity index (χ1v) is 7.31. The number of carbonyl (C=O) groups excluding carboxylic acids is 1. The first-order chi connectivity index (χ1) is 9.22. The third kappa shape index (κ3) is 2.81. The van der Waals surface area contributed by atoms with Crippen LogP contribution in [0.1, 0.15) is 38.2 Å². The van der Waals surface area contributed by atoms with Crippen molar-refractivity contribution in [2.75, 3.05) is 5.32 Å². The predicted octanol–water partition coefficient (Wildman–Crippen LogP) is 2.92. The van der Waals surface area contributed by atoms with Crippen LogP contribution in [0.15, 0.2) is 24.3 Å². The fourth-order valence-corrected chi connectivity index (χ4v) is 3.72. The van der Waals surface area contributed by atoms with Gasteiger partial charge in [0.25, 0.3) is 0 Å². The second-order valence-electron chi connectivity index (χ2n) is 6.00. The lowest BCUT2D eigenvalue weighted by atomic mass is 9.95. The molecule has 0 radical (unpaired) electrons. The molecule has 3 rings (SSSR count). The van der Waals surface area contributed by atoms with E-state index >= 15 is 0 Å². The van der Waals surface area contributed by atoms with Gasteiger partial charge in [0.15, 0.2) is 0 Å². The van der Waals surface area contributed by atoms with Gasteiger partial charge in [0.05, 0.1) is 0 Å². The van der Waals surface area contributed by atoms with Gasteiger partial charge in [-0.3, -0.25) is 4.79 Å². The minimum absolute atomic E-state index is 0.00706. The van der Waals surface area contributed by atoms with Gasteiger partial charge in [-0.15, -0.1) is 0 Å². The molecule has 2 aliphatic carbocycles. The molecule has 19 heavy (non-hydrogen) atoms. The van der Waals surface area contributed by atoms with Crippen LogP contribution in [0.4, 0.5) is 5.69 Å². The Hall–Kier alpha value is -1.35. The van der Waals surface area contributed by atoms with Gasteiger partial charge >= 0.3 is 0 Å². The van der Waals surface area contributed by atoms with Crippen molar-refractivity contribution < 1.29 is 4.79 Å². The molecule has 0 spiro atoms. The molecule has 3 nitrogen and oxygen atoms in total. The first-order valence-electron chi connectivity index (χ1n) is 7.31. The lowest BCUT2D eigenvalue weighted by Crippen LogP contribution is -2.33. The van der Waals surface area contributed by atoms with E-state index in [1.54, 1.807) is 6.92 Å². The van der Waals surface area contributed by atoms with Crippen molar-refractivity contribution in [1.29, 1.82) is 0 Å². The molecule has 0 aliphatic heterocycles. The summed E-state index contributed by atoms with van der Waals surface area (Å²) in [5.41, 5.74) is 2.12. The standard InChI is InChI=1S/C16H22N2O/c1-11(19)18-15-5-3-2-4-14(15)10-17-16-9-12-6-7-13(16)8-12/h2-5,12-13,16-17H,6-10H2,1H3,(H,18,19). The van der Waals surface area contributed by atoms with Crippen LogP contribution in [-0.4, -0.2) is 11.9 Å². The number of amides is 1. The quantitative estimate of drug-likeness (QED) is 0.872. The summed E-state index contributed by atoms with van der Waals surface area (Å²) in [6, 6.07) is 8.74. The third-order valence-corrected chi connectivity index (χ3v) is 4.62. The summed E-state index contributed by atoms with van der Waals surface area (Å²) in [5, 5.41) is 6.60. The molecule has 3 unspecified atom stereocenters. The predicted molar refractivity (Wildman–Crippen MR) is 76.8 cm³/mol. The number of hydrogen-bond donors (Lipinski definition) is 2. The van der Waals surface area contributed by atoms with Gasteiger partial charge in [0.1, 0.15) is 0 Å². The zero-order valence-corrected chi connectivity index (χ0v) is 11.5. The van der Waals surface area contributed by atoms with Crippen molar-refractivity contribution in [1.82, 2.24) is 5.32 Å². The summed E-state index contributed by atoms with van der Waals surface area (Å²) in [7, 11) is 0. The van der Waals surface area contributed by atoms with Gasteiger partial charge in [0.2, 0.25) is 5.91 Å². The Balaban J connectivity index is 1.62. The summed E-state index contributed by atoms with van der Waals surface area (Å²) in [6.07, 6.45) is 5.60. The Kier molecular flexibility index (Phi) is 3.56. The van der Waals surface area contributed by atoms with E-state index in [1.807, 2.05) is 18.2 Å². The number of para-hydroxylation sites is 1. The minimum atomic E-state index is -0.00706. The van der Waals surface area contributed by atoms with Crippen LogP contribution in [0.2, 0.25) is 0 Å². The average Bonchev–Trinajstić information content (AvgIpc) is 2.99. The van der Waals surface area contributed by atoms with Gasteiger partial charge < -0.3 is 10.6 Å². The van der Waals surface area contributed by atoms with Crippen molar-refractivity contribution in [3.63, 3.8) is 0 Å². The molecule has 2 saturated carbocycles. The van der Waals surface area contributed by atoms with Crippen LogP contribution in [-0.2, 0) is 11.3 Å². The second-order valence-corrected chi connectivity index (χ2v) is 6.00. The summed E-state index contributed by atoms with van der Waals surface area (Å²) in [5.74, 6) is 1.85. The maximum atomic E-state index is 11.2. The van der Waals surface area contributed by atoms with E-state index in [4.69, 9.17) is 0 Å². The molecular weight excluding hydrogens is 236 g/mol. The molecule has 1 aromatic carbocycles. The van der Waals surface area contributed by atoms with E-state index in [0.29, 0.717) is 6.04 Å². The molecule has 2 aliphatic rings. The Bertz CT molecular complexity index is 472. The van der Waals surface area contributed by atoms with E-state index in [1.165, 1.54) is 31.2 Å². The van der Waals surface area contributed by atoms with Gasteiger partial charge in [-0.05, 0) is 42.7 Å². The molecule has 2 N–H and O–H groups in total. The summed E-state index contributed by atoms with van der Waals surface area (Å²) in [4.78, 5) is 11.2. The van der Waals surface area contributed by atoms with Crippen molar-refractivity contribution in [3.8, 4) is 0 Å². The Morgan fingerprint density at radius 2 is 2.11 bits per heavy atom. The molecule has 1 aromatic rings. The number of hydrogen-bond acceptors (Lipinski definition) is 2. The van der Waals surface area contributed by atoms with E-state index in [9.17, 15) is 4.79 Å². The zero-order valence-electron chi connectivity index (χ0n) is 11.5. The average molecular weight is 258 g/mol. The number of carbonyl (C=O) groups is 1. The van der Waals surface area contributed by atoms with Crippen LogP contribution in [0, 0.1) is 11.8 Å². The van der Waals surface area contributed by atoms with E-state index in [0.717, 1.165) is 24.1 Å². The third-order valence-electron chi connectivity index (χ3n) is 4.62. The summed E-state index contributed by atoms with van der Waals surface area (Å²) in [6.45, 7) is 2.41. The normalized spacial score (nSPS) is 28.6. The number of benzene rings is 1. The topological polar surface area (TPSA) is 41.1 Å². The molecule has 2 bridgehead atoms. The van der Waals surface area contributed by atoms with Gasteiger partial charge in [0, 0.05) is 25.2 Å². The van der Waals surface area contributed by atoms with Crippen molar-refractivity contribution >= 4 is 11.6 Å². The SMILES string of the molecule is CC(=O)Nc1ccccc1CNC1CC2CCC1C2. The Morgan fingerprint density at radius 3 is 2.79 bits per heavy atom. The zero-order chi connectivity index (χ0) is 13.2. The molecule has 3 atom stereocenters. The van der Waals surface area contributed by atoms with Gasteiger partial charge in [-0.25, -0.2) is 0 Å². The van der Waals surface area contributed by atoms with Crippen molar-refractivity contribution in [3.05, 3.63) is 29.8 Å². The second kappa shape index (κ2) is 5.33. The van der Waals surface area contributed by atoms with E-state index < -0.39 is 0 Å². The fourth-order valence-electron chi connectivity index (χ4n) is 3.72. The molecule has 0 saturated heterocycles. The smallest absolute Gasteiger partial charge is 0.221 e. The van der Waals surface area contributed by atoms with E-state index in [2.05, 4.69) is 16.7 Å². The van der Waals surface area contributed by atoms with Crippen molar-refractivity contribution in [2.45, 2.75) is 45.2 Å². The number of nitrogens with one attached hydrogen (secondary N) is 2. The molecule has 1 amide bonds. The fraction of sp³-hybridized carbons (Fsp3) is 0.562. The van der Waals surface area contributed by atoms with E-state index in [-0.39, 0.29) is 5.91 Å². The highest BCUT2D eigenvalue weighted by Crippen LogP contribution is 2.44. The van der Waals surface area contributed by atoms with Crippen LogP contribution in [0.5, 0.6) is 0 Å². The van der Waals surface area contributed by atoms with Crippen molar-refractivity contribution in [2.24, 2.45) is 11.8 Å². The Morgan fingerprint density at radius 1 is 1.26 bits per heavy atom. The molecule has 0 aromatic heterocycles.